The summed E-state index contributed by atoms with van der Waals surface area (Å²) < 4.78 is 12.8. The number of carbonyl (C=O) groups is 1. The molecule has 4 aromatic rings. The lowest BCUT2D eigenvalue weighted by Crippen LogP contribution is -2.36. The number of anilines is 1. The normalized spacial score (nSPS) is 17.8. The first kappa shape index (κ1) is 25.2. The van der Waals surface area contributed by atoms with Crippen LogP contribution in [-0.2, 0) is 10.3 Å². The molecule has 0 aromatic heterocycles. The average Bonchev–Trinajstić information content (AvgIpc) is 3.26. The molecule has 198 valence electrons. The van der Waals surface area contributed by atoms with Crippen LogP contribution < -0.4 is 10.1 Å². The van der Waals surface area contributed by atoms with Gasteiger partial charge in [0, 0.05) is 28.9 Å². The van der Waals surface area contributed by atoms with Crippen molar-refractivity contribution in [3.05, 3.63) is 125 Å². The van der Waals surface area contributed by atoms with Gasteiger partial charge in [-0.2, -0.15) is 0 Å². The van der Waals surface area contributed by atoms with Crippen LogP contribution in [0.2, 0.25) is 0 Å². The van der Waals surface area contributed by atoms with Crippen molar-refractivity contribution in [2.45, 2.75) is 39.0 Å². The minimum Gasteiger partial charge on any atom is -0.456 e. The van der Waals surface area contributed by atoms with E-state index in [0.717, 1.165) is 47.5 Å². The van der Waals surface area contributed by atoms with E-state index in [0.29, 0.717) is 23.0 Å². The molecule has 0 bridgehead atoms. The van der Waals surface area contributed by atoms with Crippen LogP contribution in [-0.4, -0.2) is 24.0 Å². The van der Waals surface area contributed by atoms with Crippen LogP contribution in [0.4, 0.5) is 5.69 Å². The third kappa shape index (κ3) is 4.37. The zero-order valence-electron chi connectivity index (χ0n) is 22.7. The molecule has 1 spiro atoms. The van der Waals surface area contributed by atoms with Gasteiger partial charge >= 0.3 is 5.97 Å². The molecule has 0 amide bonds. The average molecular weight is 519 g/mol. The molecular weight excluding hydrogens is 484 g/mol. The summed E-state index contributed by atoms with van der Waals surface area (Å²) in [5.74, 6) is 1.69. The maximum Gasteiger partial charge on any atom is 0.340 e. The molecule has 5 nitrogen and oxygen atoms in total. The number of hydrogen-bond donors (Lipinski definition) is 1. The van der Waals surface area contributed by atoms with Crippen LogP contribution >= 0.6 is 0 Å². The van der Waals surface area contributed by atoms with Gasteiger partial charge in [0.2, 0.25) is 0 Å². The van der Waals surface area contributed by atoms with E-state index in [9.17, 15) is 4.79 Å². The summed E-state index contributed by atoms with van der Waals surface area (Å²) in [7, 11) is 0. The van der Waals surface area contributed by atoms with E-state index in [4.69, 9.17) is 9.47 Å². The second-order valence-corrected chi connectivity index (χ2v) is 10.7. The fourth-order valence-corrected chi connectivity index (χ4v) is 5.78. The molecule has 0 saturated carbocycles. The Bertz CT molecular complexity index is 1500. The number of para-hydroxylation sites is 2. The van der Waals surface area contributed by atoms with Crippen LogP contribution in [0, 0.1) is 5.92 Å². The molecule has 2 unspecified atom stereocenters. The number of nitrogens with one attached hydrogen (secondary N) is 1. The van der Waals surface area contributed by atoms with Crippen molar-refractivity contribution in [3.8, 4) is 11.5 Å². The predicted molar refractivity (Wildman–Crippen MR) is 154 cm³/mol. The molecule has 0 fully saturated rings. The Balaban J connectivity index is 1.52. The fraction of sp³-hybridized carbons (Fsp3) is 0.265. The van der Waals surface area contributed by atoms with Crippen molar-refractivity contribution in [2.75, 3.05) is 18.4 Å². The van der Waals surface area contributed by atoms with Crippen molar-refractivity contribution >= 4 is 11.7 Å². The number of ether oxygens (including phenoxy) is 2. The summed E-state index contributed by atoms with van der Waals surface area (Å²) in [6.07, 6.45) is 1.01. The lowest BCUT2D eigenvalue weighted by atomic mass is 9.77. The monoisotopic (exact) mass is 518 g/mol. The highest BCUT2D eigenvalue weighted by Gasteiger charge is 2.53. The number of esters is 1. The molecule has 2 aliphatic heterocycles. The van der Waals surface area contributed by atoms with Gasteiger partial charge in [0.15, 0.2) is 5.60 Å². The lowest BCUT2D eigenvalue weighted by molar-refractivity contribution is 0.0224. The lowest BCUT2D eigenvalue weighted by Gasteiger charge is -2.38. The van der Waals surface area contributed by atoms with Crippen LogP contribution in [0.15, 0.2) is 97.1 Å². The van der Waals surface area contributed by atoms with Gasteiger partial charge < -0.3 is 14.8 Å². The van der Waals surface area contributed by atoms with Gasteiger partial charge in [0.25, 0.3) is 0 Å². The number of benzene rings is 4. The third-order valence-corrected chi connectivity index (χ3v) is 7.80. The summed E-state index contributed by atoms with van der Waals surface area (Å²) in [6, 6.07) is 32.2. The molecule has 5 heteroatoms. The molecule has 0 aliphatic carbocycles. The molecule has 2 atom stereocenters. The zero-order valence-corrected chi connectivity index (χ0v) is 22.7. The first-order chi connectivity index (χ1) is 19.0. The summed E-state index contributed by atoms with van der Waals surface area (Å²) in [5.41, 5.74) is 4.20. The number of nitrogens with zero attached hydrogens (tertiary/aromatic N) is 1. The van der Waals surface area contributed by atoms with Crippen LogP contribution in [0.25, 0.3) is 0 Å². The van der Waals surface area contributed by atoms with E-state index in [-0.39, 0.29) is 12.1 Å². The Morgan fingerprint density at radius 1 is 0.821 bits per heavy atom. The van der Waals surface area contributed by atoms with E-state index in [1.54, 1.807) is 0 Å². The highest BCUT2D eigenvalue weighted by molar-refractivity contribution is 5.97. The zero-order chi connectivity index (χ0) is 27.0. The molecule has 2 aliphatic rings. The van der Waals surface area contributed by atoms with Crippen LogP contribution in [0.3, 0.4) is 0 Å². The van der Waals surface area contributed by atoms with E-state index in [1.165, 1.54) is 0 Å². The van der Waals surface area contributed by atoms with E-state index >= 15 is 0 Å². The highest BCUT2D eigenvalue weighted by Crippen LogP contribution is 2.56. The molecule has 39 heavy (non-hydrogen) atoms. The molecular formula is C34H34N2O3. The molecule has 0 radical (unpaired) electrons. The minimum absolute atomic E-state index is 0.0805. The second kappa shape index (κ2) is 10.2. The maximum absolute atomic E-state index is 13.2. The van der Waals surface area contributed by atoms with Gasteiger partial charge in [0.05, 0.1) is 5.56 Å². The maximum atomic E-state index is 13.2. The van der Waals surface area contributed by atoms with E-state index < -0.39 is 5.60 Å². The Labute approximate surface area is 230 Å². The molecule has 4 aromatic carbocycles. The van der Waals surface area contributed by atoms with Crippen molar-refractivity contribution < 1.29 is 14.3 Å². The Morgan fingerprint density at radius 2 is 1.51 bits per heavy atom. The van der Waals surface area contributed by atoms with Crippen molar-refractivity contribution in [1.82, 2.24) is 4.90 Å². The molecule has 1 N–H and O–H groups in total. The molecule has 6 rings (SSSR count). The quantitative estimate of drug-likeness (QED) is 0.191. The Kier molecular flexibility index (Phi) is 6.61. The molecule has 2 heterocycles. The van der Waals surface area contributed by atoms with Gasteiger partial charge in [-0.15, -0.1) is 0 Å². The first-order valence-electron chi connectivity index (χ1n) is 13.8. The number of fused-ring (bicyclic) bond motifs is 6. The molecule has 0 saturated heterocycles. The standard InChI is InChI=1S/C34H34N2O3/c1-4-36(21-20-23(2)3)32(35-25-12-6-5-7-13-25)24-18-19-31-29(22-24)34(28-16-10-11-17-30(28)38-31)27-15-9-8-14-26(27)33(37)39-34/h5-19,22-23,32,35H,4,20-21H2,1-3H3. The predicted octanol–water partition coefficient (Wildman–Crippen LogP) is 7.73. The van der Waals surface area contributed by atoms with Crippen molar-refractivity contribution in [1.29, 1.82) is 0 Å². The van der Waals surface area contributed by atoms with Crippen LogP contribution in [0.1, 0.15) is 66.0 Å². The second-order valence-electron chi connectivity index (χ2n) is 10.7. The van der Waals surface area contributed by atoms with Gasteiger partial charge in [0.1, 0.15) is 17.7 Å². The fourth-order valence-electron chi connectivity index (χ4n) is 5.78. The summed E-state index contributed by atoms with van der Waals surface area (Å²) >= 11 is 0. The Hall–Kier alpha value is -4.09. The largest absolute Gasteiger partial charge is 0.456 e. The van der Waals surface area contributed by atoms with E-state index in [1.807, 2.05) is 72.8 Å². The van der Waals surface area contributed by atoms with Gasteiger partial charge in [-0.1, -0.05) is 81.4 Å². The van der Waals surface area contributed by atoms with Crippen molar-refractivity contribution in [2.24, 2.45) is 5.92 Å². The highest BCUT2D eigenvalue weighted by atomic mass is 16.6. The summed E-state index contributed by atoms with van der Waals surface area (Å²) in [5, 5.41) is 3.78. The smallest absolute Gasteiger partial charge is 0.340 e. The summed E-state index contributed by atoms with van der Waals surface area (Å²) in [4.78, 5) is 15.7. The third-order valence-electron chi connectivity index (χ3n) is 7.80. The van der Waals surface area contributed by atoms with E-state index in [2.05, 4.69) is 55.3 Å². The minimum atomic E-state index is -1.07. The first-order valence-corrected chi connectivity index (χ1v) is 13.8. The number of rotatable bonds is 8. The summed E-state index contributed by atoms with van der Waals surface area (Å²) in [6.45, 7) is 8.57. The van der Waals surface area contributed by atoms with Crippen LogP contribution in [0.5, 0.6) is 11.5 Å². The van der Waals surface area contributed by atoms with Gasteiger partial charge in [-0.3, -0.25) is 4.90 Å². The van der Waals surface area contributed by atoms with Gasteiger partial charge in [-0.25, -0.2) is 4.79 Å². The topological polar surface area (TPSA) is 50.8 Å². The van der Waals surface area contributed by atoms with Gasteiger partial charge in [-0.05, 0) is 60.8 Å². The Morgan fingerprint density at radius 3 is 2.28 bits per heavy atom. The SMILES string of the molecule is CCN(CCC(C)C)C(Nc1ccccc1)c1ccc2c(c1)C1(OC(=O)c3ccccc31)c1ccccc1O2. The number of hydrogen-bond acceptors (Lipinski definition) is 5. The van der Waals surface area contributed by atoms with Crippen molar-refractivity contribution in [3.63, 3.8) is 0 Å². The number of carbonyl (C=O) groups excluding carboxylic acids is 1.